The van der Waals surface area contributed by atoms with Crippen molar-refractivity contribution in [2.45, 2.75) is 273 Å². The van der Waals surface area contributed by atoms with Crippen molar-refractivity contribution in [3.63, 3.8) is 0 Å². The Labute approximate surface area is 464 Å². The molecule has 0 aromatic rings. The molecule has 0 fully saturated rings. The average Bonchev–Trinajstić information content (AvgIpc) is 3.33. The monoisotopic (exact) mass is 1250 g/mol. The standard InChI is InChI=1S/6C8H17O3P.Mo/c6*1-2-3-4-5-6-7-8-11-12(9)10;/h6*2-8H2,1H3;. The van der Waals surface area contributed by atoms with E-state index < -0.39 is 49.5 Å². The summed E-state index contributed by atoms with van der Waals surface area (Å²) in [4.78, 5) is 59.7. The summed E-state index contributed by atoms with van der Waals surface area (Å²) in [5, 5.41) is 0. The van der Waals surface area contributed by atoms with Gasteiger partial charge in [-0.15, -0.1) is 27.1 Å². The molecule has 438 valence electrons. The van der Waals surface area contributed by atoms with E-state index in [0.717, 1.165) is 77.0 Å². The van der Waals surface area contributed by atoms with E-state index in [2.05, 4.69) is 68.7 Å². The van der Waals surface area contributed by atoms with E-state index in [1.54, 1.807) is 0 Å². The summed E-state index contributed by atoms with van der Waals surface area (Å²) in [5.41, 5.74) is 0. The van der Waals surface area contributed by atoms with Crippen molar-refractivity contribution in [2.24, 2.45) is 0 Å². The van der Waals surface area contributed by atoms with Gasteiger partial charge in [-0.05, 0) is 65.9 Å². The van der Waals surface area contributed by atoms with E-state index >= 15 is 0 Å². The first-order valence-electron chi connectivity index (χ1n) is 27.3. The molecule has 18 nitrogen and oxygen atoms in total. The van der Waals surface area contributed by atoms with E-state index in [9.17, 15) is 56.8 Å². The largest absolute Gasteiger partial charge is 0.566 e. The Kier molecular flexibility index (Phi) is 101. The van der Waals surface area contributed by atoms with E-state index in [1.165, 1.54) is 154 Å². The van der Waals surface area contributed by atoms with Crippen LogP contribution in [0.2, 0.25) is 0 Å². The van der Waals surface area contributed by atoms with Crippen LogP contribution in [0, 0.1) is 0 Å². The van der Waals surface area contributed by atoms with Gasteiger partial charge in [-0.2, -0.15) is 0 Å². The molecular weight excluding hydrogens is 1150 g/mol. The maximum absolute atomic E-state index is 9.95. The molecule has 25 heteroatoms. The van der Waals surface area contributed by atoms with Crippen molar-refractivity contribution < 1.29 is 105 Å². The normalized spacial score (nSPS) is 11.5. The molecule has 0 amide bonds. The third-order valence-electron chi connectivity index (χ3n) is 10.2. The molecule has 0 heterocycles. The van der Waals surface area contributed by atoms with Crippen LogP contribution in [-0.4, -0.2) is 39.6 Å². The molecule has 73 heavy (non-hydrogen) atoms. The Morgan fingerprint density at radius 2 is 0.301 bits per heavy atom. The van der Waals surface area contributed by atoms with Gasteiger partial charge in [-0.3, -0.25) is 0 Å². The molecule has 0 bridgehead atoms. The fourth-order valence-electron chi connectivity index (χ4n) is 6.13. The average molecular weight is 1250 g/mol. The van der Waals surface area contributed by atoms with E-state index in [1.807, 2.05) is 0 Å². The smallest absolute Gasteiger partial charge is 0.488 e. The Hall–Kier alpha value is 0.808. The van der Waals surface area contributed by atoms with Crippen LogP contribution in [0.3, 0.4) is 0 Å². The van der Waals surface area contributed by atoms with Crippen LogP contribution in [0.1, 0.15) is 273 Å². The quantitative estimate of drug-likeness (QED) is 0.0310. The molecule has 6 unspecified atom stereocenters. The molecule has 0 aromatic carbocycles. The third kappa shape index (κ3) is 122. The second kappa shape index (κ2) is 84.1. The zero-order valence-corrected chi connectivity index (χ0v) is 53.5. The maximum Gasteiger partial charge on any atom is 0.488 e. The molecule has 0 aliphatic carbocycles. The summed E-state index contributed by atoms with van der Waals surface area (Å²) in [6.45, 7) is 15.1. The summed E-state index contributed by atoms with van der Waals surface area (Å²) in [7, 11) is -15.8. The molecule has 6 atom stereocenters. The predicted molar refractivity (Wildman–Crippen MR) is 282 cm³/mol. The van der Waals surface area contributed by atoms with Crippen LogP contribution in [0.25, 0.3) is 0 Å². The summed E-state index contributed by atoms with van der Waals surface area (Å²) >= 11 is 0. The minimum atomic E-state index is -2.63. The predicted octanol–water partition coefficient (Wildman–Crippen LogP) is 14.3. The number of hydrogen-bond donors (Lipinski definition) is 0. The van der Waals surface area contributed by atoms with Crippen LogP contribution < -0.4 is 29.4 Å². The van der Waals surface area contributed by atoms with Crippen LogP contribution >= 0.6 is 49.5 Å². The Morgan fingerprint density at radius 1 is 0.205 bits per heavy atom. The first-order valence-corrected chi connectivity index (χ1v) is 33.8. The fraction of sp³-hybridized carbons (Fsp3) is 1.00. The zero-order valence-electron chi connectivity index (χ0n) is 46.1. The summed E-state index contributed by atoms with van der Waals surface area (Å²) < 4.78 is 86.1. The van der Waals surface area contributed by atoms with Gasteiger partial charge < -0.3 is 29.4 Å². The molecule has 0 aliphatic heterocycles. The van der Waals surface area contributed by atoms with Gasteiger partial charge in [0.2, 0.25) is 0 Å². The fourth-order valence-corrected chi connectivity index (χ4v) is 7.80. The molecule has 0 rings (SSSR count). The molecule has 0 radical (unpaired) electrons. The third-order valence-corrected chi connectivity index (χ3v) is 12.5. The second-order valence-corrected chi connectivity index (χ2v) is 21.2. The van der Waals surface area contributed by atoms with Gasteiger partial charge in [-0.25, -0.2) is 0 Å². The van der Waals surface area contributed by atoms with Gasteiger partial charge in [0.15, 0.2) is 0 Å². The first kappa shape index (κ1) is 87.7. The van der Waals surface area contributed by atoms with E-state index in [4.69, 9.17) is 0 Å². The van der Waals surface area contributed by atoms with Crippen LogP contribution in [0.15, 0.2) is 0 Å². The topological polar surface area (TPSA) is 296 Å². The van der Waals surface area contributed by atoms with Crippen LogP contribution in [-0.2, 0) is 75.6 Å². The number of unbranched alkanes of at least 4 members (excludes halogenated alkanes) is 30. The first-order chi connectivity index (χ1) is 34.6. The second-order valence-electron chi connectivity index (χ2n) is 16.9. The molecule has 0 spiro atoms. The molecule has 0 N–H and O–H groups in total. The SMILES string of the molecule is CCCCCCCCO[P+](=O)[O-].CCCCCCCCO[P+](=O)[O-].CCCCCCCCO[P+](=O)[O-].CCCCCCCCO[P+](=O)[O-].CCCCCCCCO[P+](=O)[O-].CCCCCCCCO[P+](=O)[O-].[Mo]. The van der Waals surface area contributed by atoms with Gasteiger partial charge >= 0.3 is 49.5 Å². The van der Waals surface area contributed by atoms with Crippen LogP contribution in [0.5, 0.6) is 0 Å². The van der Waals surface area contributed by atoms with E-state index in [-0.39, 0.29) is 21.1 Å². The van der Waals surface area contributed by atoms with Crippen molar-refractivity contribution in [3.8, 4) is 0 Å². The summed E-state index contributed by atoms with van der Waals surface area (Å²) in [5.74, 6) is 0. The molecule has 0 saturated heterocycles. The van der Waals surface area contributed by atoms with Crippen LogP contribution in [0.4, 0.5) is 0 Å². The van der Waals surface area contributed by atoms with Gasteiger partial charge in [-0.1, -0.05) is 234 Å². The minimum absolute atomic E-state index is 0. The minimum Gasteiger partial charge on any atom is -0.566 e. The van der Waals surface area contributed by atoms with Gasteiger partial charge in [0, 0.05) is 21.1 Å². The van der Waals surface area contributed by atoms with Crippen molar-refractivity contribution in [3.05, 3.63) is 0 Å². The van der Waals surface area contributed by atoms with Gasteiger partial charge in [0.05, 0.1) is 0 Å². The van der Waals surface area contributed by atoms with Gasteiger partial charge in [0.1, 0.15) is 39.6 Å². The number of rotatable bonds is 48. The Bertz CT molecular complexity index is 926. The summed E-state index contributed by atoms with van der Waals surface area (Å²) in [6, 6.07) is 0. The van der Waals surface area contributed by atoms with Crippen molar-refractivity contribution >= 4 is 49.5 Å². The maximum atomic E-state index is 9.95. The molecule has 0 saturated carbocycles. The molecular formula is C48H102MoO18P6. The summed E-state index contributed by atoms with van der Waals surface area (Å²) in [6.07, 6.45) is 41.3. The zero-order chi connectivity index (χ0) is 55.4. The Balaban J connectivity index is -0.000000143. The molecule has 0 aliphatic rings. The molecule has 0 aromatic heterocycles. The van der Waals surface area contributed by atoms with Gasteiger partial charge in [0.25, 0.3) is 0 Å². The van der Waals surface area contributed by atoms with Crippen molar-refractivity contribution in [1.82, 2.24) is 0 Å². The van der Waals surface area contributed by atoms with Crippen molar-refractivity contribution in [1.29, 1.82) is 0 Å². The number of hydrogen-bond acceptors (Lipinski definition) is 18. The van der Waals surface area contributed by atoms with Crippen molar-refractivity contribution in [2.75, 3.05) is 39.6 Å². The van der Waals surface area contributed by atoms with E-state index in [0.29, 0.717) is 39.6 Å². The Morgan fingerprint density at radius 3 is 0.397 bits per heavy atom.